The molecule has 0 atom stereocenters. The fourth-order valence-corrected chi connectivity index (χ4v) is 2.95. The quantitative estimate of drug-likeness (QED) is 0.596. The Kier molecular flexibility index (Phi) is 5.68. The van der Waals surface area contributed by atoms with Gasteiger partial charge in [-0.2, -0.15) is 0 Å². The van der Waals surface area contributed by atoms with Crippen LogP contribution in [0.4, 0.5) is 5.69 Å². The molecule has 0 aromatic heterocycles. The lowest BCUT2D eigenvalue weighted by Gasteiger charge is -2.09. The van der Waals surface area contributed by atoms with Crippen molar-refractivity contribution in [2.24, 2.45) is 0 Å². The van der Waals surface area contributed by atoms with Gasteiger partial charge in [-0.05, 0) is 67.2 Å². The molecule has 1 rings (SSSR count). The van der Waals surface area contributed by atoms with E-state index in [1.54, 1.807) is 6.07 Å². The summed E-state index contributed by atoms with van der Waals surface area (Å²) in [6, 6.07) is 5.53. The van der Waals surface area contributed by atoms with E-state index in [1.807, 2.05) is 26.1 Å². The highest BCUT2D eigenvalue weighted by molar-refractivity contribution is 14.1. The summed E-state index contributed by atoms with van der Waals surface area (Å²) in [5, 5.41) is 2.93. The van der Waals surface area contributed by atoms with Crippen molar-refractivity contribution in [3.05, 3.63) is 27.3 Å². The lowest BCUT2D eigenvalue weighted by Crippen LogP contribution is -2.20. The fourth-order valence-electron chi connectivity index (χ4n) is 1.33. The predicted octanol–water partition coefficient (Wildman–Crippen LogP) is 1.95. The molecule has 0 aliphatic rings. The third kappa shape index (κ3) is 5.22. The molecule has 4 nitrogen and oxygen atoms in total. The van der Waals surface area contributed by atoms with Crippen LogP contribution in [0.2, 0.25) is 0 Å². The van der Waals surface area contributed by atoms with Gasteiger partial charge in [-0.1, -0.05) is 6.07 Å². The molecule has 1 aromatic carbocycles. The highest BCUT2D eigenvalue weighted by Gasteiger charge is 2.10. The lowest BCUT2D eigenvalue weighted by molar-refractivity contribution is 0.597. The van der Waals surface area contributed by atoms with Crippen molar-refractivity contribution in [2.75, 3.05) is 24.1 Å². The molecule has 0 saturated carbocycles. The van der Waals surface area contributed by atoms with Gasteiger partial charge in [0.2, 0.25) is 10.0 Å². The van der Waals surface area contributed by atoms with Crippen molar-refractivity contribution < 1.29 is 8.42 Å². The summed E-state index contributed by atoms with van der Waals surface area (Å²) in [6.45, 7) is 2.69. The Morgan fingerprint density at radius 2 is 2.06 bits per heavy atom. The Balaban J connectivity index is 2.66. The van der Waals surface area contributed by atoms with Crippen LogP contribution < -0.4 is 10.0 Å². The van der Waals surface area contributed by atoms with Gasteiger partial charge in [0.15, 0.2) is 0 Å². The Morgan fingerprint density at radius 3 is 2.65 bits per heavy atom. The SMILES string of the molecule is CNCCCS(=O)(=O)Nc1ccc(C)c(I)c1. The first-order chi connectivity index (χ1) is 7.94. The Bertz CT molecular complexity index is 474. The van der Waals surface area contributed by atoms with Crippen LogP contribution in [-0.4, -0.2) is 27.8 Å². The first kappa shape index (κ1) is 14.7. The maximum absolute atomic E-state index is 11.7. The van der Waals surface area contributed by atoms with Gasteiger partial charge in [-0.15, -0.1) is 0 Å². The van der Waals surface area contributed by atoms with Gasteiger partial charge >= 0.3 is 0 Å². The van der Waals surface area contributed by atoms with E-state index in [4.69, 9.17) is 0 Å². The summed E-state index contributed by atoms with van der Waals surface area (Å²) >= 11 is 2.19. The maximum atomic E-state index is 11.7. The van der Waals surface area contributed by atoms with E-state index >= 15 is 0 Å². The lowest BCUT2D eigenvalue weighted by atomic mass is 10.2. The molecule has 6 heteroatoms. The smallest absolute Gasteiger partial charge is 0.232 e. The zero-order chi connectivity index (χ0) is 12.9. The summed E-state index contributed by atoms with van der Waals surface area (Å²) in [5.74, 6) is 0.137. The van der Waals surface area contributed by atoms with Crippen molar-refractivity contribution in [1.82, 2.24) is 5.32 Å². The molecule has 0 radical (unpaired) electrons. The second-order valence-corrected chi connectivity index (χ2v) is 6.85. The topological polar surface area (TPSA) is 58.2 Å². The molecule has 2 N–H and O–H groups in total. The minimum atomic E-state index is -3.23. The molecule has 0 spiro atoms. The summed E-state index contributed by atoms with van der Waals surface area (Å²) in [6.07, 6.45) is 0.606. The minimum Gasteiger partial charge on any atom is -0.320 e. The van der Waals surface area contributed by atoms with Crippen molar-refractivity contribution in [2.45, 2.75) is 13.3 Å². The van der Waals surface area contributed by atoms with Gasteiger partial charge in [-0.3, -0.25) is 4.72 Å². The van der Waals surface area contributed by atoms with E-state index < -0.39 is 10.0 Å². The zero-order valence-electron chi connectivity index (χ0n) is 9.96. The van der Waals surface area contributed by atoms with Crippen LogP contribution >= 0.6 is 22.6 Å². The van der Waals surface area contributed by atoms with Crippen molar-refractivity contribution >= 4 is 38.3 Å². The molecular weight excluding hydrogens is 351 g/mol. The van der Waals surface area contributed by atoms with E-state index in [0.717, 1.165) is 9.13 Å². The average Bonchev–Trinajstić information content (AvgIpc) is 2.23. The van der Waals surface area contributed by atoms with Gasteiger partial charge in [0, 0.05) is 9.26 Å². The molecule has 0 unspecified atom stereocenters. The second kappa shape index (κ2) is 6.55. The highest BCUT2D eigenvalue weighted by Crippen LogP contribution is 2.18. The van der Waals surface area contributed by atoms with Crippen molar-refractivity contribution in [3.63, 3.8) is 0 Å². The molecular formula is C11H17IN2O2S. The third-order valence-electron chi connectivity index (χ3n) is 2.29. The molecule has 0 aliphatic heterocycles. The van der Waals surface area contributed by atoms with E-state index in [1.165, 1.54) is 0 Å². The van der Waals surface area contributed by atoms with Crippen LogP contribution in [0, 0.1) is 10.5 Å². The van der Waals surface area contributed by atoms with E-state index in [9.17, 15) is 8.42 Å². The minimum absolute atomic E-state index is 0.137. The van der Waals surface area contributed by atoms with Gasteiger partial charge < -0.3 is 5.32 Å². The van der Waals surface area contributed by atoms with Crippen LogP contribution in [0.3, 0.4) is 0 Å². The third-order valence-corrected chi connectivity index (χ3v) is 4.82. The summed E-state index contributed by atoms with van der Waals surface area (Å²) in [4.78, 5) is 0. The number of benzene rings is 1. The average molecular weight is 368 g/mol. The Morgan fingerprint density at radius 1 is 1.35 bits per heavy atom. The van der Waals surface area contributed by atoms with E-state index in [0.29, 0.717) is 18.7 Å². The standard InChI is InChI=1S/C11H17IN2O2S/c1-9-4-5-10(8-11(9)12)14-17(15,16)7-3-6-13-2/h4-5,8,13-14H,3,6-7H2,1-2H3. The largest absolute Gasteiger partial charge is 0.320 e. The second-order valence-electron chi connectivity index (χ2n) is 3.84. The number of anilines is 1. The number of hydrogen-bond donors (Lipinski definition) is 2. The molecule has 17 heavy (non-hydrogen) atoms. The molecule has 0 aliphatic carbocycles. The van der Waals surface area contributed by atoms with E-state index in [2.05, 4.69) is 32.6 Å². The summed E-state index contributed by atoms with van der Waals surface area (Å²) < 4.78 is 27.1. The first-order valence-corrected chi connectivity index (χ1v) is 8.09. The van der Waals surface area contributed by atoms with Crippen molar-refractivity contribution in [1.29, 1.82) is 0 Å². The van der Waals surface area contributed by atoms with Crippen LogP contribution in [0.1, 0.15) is 12.0 Å². The molecule has 96 valence electrons. The van der Waals surface area contributed by atoms with Gasteiger partial charge in [0.25, 0.3) is 0 Å². The van der Waals surface area contributed by atoms with Crippen LogP contribution in [0.15, 0.2) is 18.2 Å². The molecule has 0 saturated heterocycles. The van der Waals surface area contributed by atoms with E-state index in [-0.39, 0.29) is 5.75 Å². The number of nitrogens with one attached hydrogen (secondary N) is 2. The first-order valence-electron chi connectivity index (χ1n) is 5.36. The number of rotatable bonds is 6. The predicted molar refractivity (Wildman–Crippen MR) is 79.8 cm³/mol. The van der Waals surface area contributed by atoms with Gasteiger partial charge in [0.05, 0.1) is 5.75 Å². The van der Waals surface area contributed by atoms with Gasteiger partial charge in [0.1, 0.15) is 0 Å². The van der Waals surface area contributed by atoms with Crippen LogP contribution in [0.25, 0.3) is 0 Å². The number of aryl methyl sites for hydroxylation is 1. The fraction of sp³-hybridized carbons (Fsp3) is 0.455. The molecule has 0 amide bonds. The number of halogens is 1. The highest BCUT2D eigenvalue weighted by atomic mass is 127. The summed E-state index contributed by atoms with van der Waals surface area (Å²) in [7, 11) is -1.42. The summed E-state index contributed by atoms with van der Waals surface area (Å²) in [5.41, 5.74) is 1.77. The normalized spacial score (nSPS) is 11.5. The van der Waals surface area contributed by atoms with Crippen LogP contribution in [0.5, 0.6) is 0 Å². The van der Waals surface area contributed by atoms with Gasteiger partial charge in [-0.25, -0.2) is 8.42 Å². The molecule has 0 fully saturated rings. The number of sulfonamides is 1. The zero-order valence-corrected chi connectivity index (χ0v) is 12.9. The maximum Gasteiger partial charge on any atom is 0.232 e. The van der Waals surface area contributed by atoms with Crippen molar-refractivity contribution in [3.8, 4) is 0 Å². The molecule has 0 bridgehead atoms. The molecule has 1 aromatic rings. The molecule has 0 heterocycles. The monoisotopic (exact) mass is 368 g/mol. The Hall–Kier alpha value is -0.340. The number of hydrogen-bond acceptors (Lipinski definition) is 3. The Labute approximate surface area is 116 Å². The van der Waals surface area contributed by atoms with Crippen LogP contribution in [-0.2, 0) is 10.0 Å².